The lowest BCUT2D eigenvalue weighted by molar-refractivity contribution is -0.0238. The number of hydrogen-bond acceptors (Lipinski definition) is 7. The molecule has 28 heavy (non-hydrogen) atoms. The molecular weight excluding hydrogens is 356 g/mol. The molecule has 0 aromatic carbocycles. The minimum Gasteiger partial charge on any atom is -0.394 e. The van der Waals surface area contributed by atoms with Crippen LogP contribution >= 0.6 is 0 Å². The van der Waals surface area contributed by atoms with Crippen molar-refractivity contribution < 1.29 is 14.6 Å². The number of ether oxygens (including phenoxy) is 2. The van der Waals surface area contributed by atoms with Crippen molar-refractivity contribution in [3.63, 3.8) is 0 Å². The maximum Gasteiger partial charge on any atom is 0.134 e. The first-order valence-corrected chi connectivity index (χ1v) is 9.68. The molecule has 2 aliphatic rings. The van der Waals surface area contributed by atoms with E-state index in [2.05, 4.69) is 24.8 Å². The molecule has 1 N–H and O–H groups in total. The van der Waals surface area contributed by atoms with Crippen molar-refractivity contribution in [2.75, 3.05) is 39.5 Å². The fourth-order valence-electron chi connectivity index (χ4n) is 3.85. The summed E-state index contributed by atoms with van der Waals surface area (Å²) >= 11 is 0. The molecule has 0 atom stereocenters. The molecule has 0 unspecified atom stereocenters. The van der Waals surface area contributed by atoms with Crippen molar-refractivity contribution in [1.82, 2.24) is 4.90 Å². The van der Waals surface area contributed by atoms with Crippen molar-refractivity contribution >= 4 is 0 Å². The van der Waals surface area contributed by atoms with Crippen LogP contribution in [0.15, 0.2) is 22.4 Å². The molecule has 7 heteroatoms. The molecule has 1 aliphatic heterocycles. The van der Waals surface area contributed by atoms with Crippen LogP contribution in [0.25, 0.3) is 0 Å². The fraction of sp³-hybridized carbons (Fsp3) is 0.667. The van der Waals surface area contributed by atoms with Crippen molar-refractivity contribution in [3.05, 3.63) is 22.4 Å². The van der Waals surface area contributed by atoms with Gasteiger partial charge in [-0.2, -0.15) is 15.8 Å². The molecule has 7 nitrogen and oxygen atoms in total. The second-order valence-electron chi connectivity index (χ2n) is 7.92. The van der Waals surface area contributed by atoms with Gasteiger partial charge in [0.15, 0.2) is 0 Å². The Hall–Kier alpha value is -2.37. The van der Waals surface area contributed by atoms with Gasteiger partial charge < -0.3 is 19.5 Å². The quantitative estimate of drug-likeness (QED) is 0.529. The lowest BCUT2D eigenvalue weighted by Crippen LogP contribution is -2.39. The summed E-state index contributed by atoms with van der Waals surface area (Å²) in [5, 5.41) is 37.1. The maximum absolute atomic E-state index is 9.77. The minimum atomic E-state index is -0.110. The van der Waals surface area contributed by atoms with Crippen LogP contribution < -0.4 is 0 Å². The molecule has 0 aromatic heterocycles. The second kappa shape index (κ2) is 10.2. The highest BCUT2D eigenvalue weighted by Gasteiger charge is 2.35. The molecule has 2 rings (SSSR count). The van der Waals surface area contributed by atoms with Crippen molar-refractivity contribution in [2.45, 2.75) is 45.6 Å². The molecule has 1 heterocycles. The highest BCUT2D eigenvalue weighted by atomic mass is 16.5. The standard InChI is InChI=1S/C21H28N4O3/c1-21(2)11-18(16(13-22)14-23)19(15-24)20(12-21)25-5-3-17(4-6-25)28-10-9-27-8-7-26/h17,26H,3-12H2,1-2H3. The summed E-state index contributed by atoms with van der Waals surface area (Å²) in [7, 11) is 0. The van der Waals surface area contributed by atoms with E-state index in [0.29, 0.717) is 37.4 Å². The Labute approximate surface area is 167 Å². The Balaban J connectivity index is 2.09. The van der Waals surface area contributed by atoms with E-state index in [1.54, 1.807) is 0 Å². The van der Waals surface area contributed by atoms with Crippen LogP contribution in [0.1, 0.15) is 39.5 Å². The molecular formula is C21H28N4O3. The van der Waals surface area contributed by atoms with Crippen LogP contribution in [0.3, 0.4) is 0 Å². The number of rotatable bonds is 7. The number of nitriles is 3. The van der Waals surface area contributed by atoms with Gasteiger partial charge in [0.1, 0.15) is 23.8 Å². The smallest absolute Gasteiger partial charge is 0.134 e. The zero-order valence-corrected chi connectivity index (χ0v) is 16.7. The van der Waals surface area contributed by atoms with E-state index in [1.807, 2.05) is 12.1 Å². The van der Waals surface area contributed by atoms with Gasteiger partial charge in [-0.1, -0.05) is 13.8 Å². The molecule has 1 saturated heterocycles. The molecule has 0 spiro atoms. The minimum absolute atomic E-state index is 0.0147. The molecule has 0 saturated carbocycles. The normalized spacial score (nSPS) is 19.7. The highest BCUT2D eigenvalue weighted by Crippen LogP contribution is 2.44. The largest absolute Gasteiger partial charge is 0.394 e. The highest BCUT2D eigenvalue weighted by molar-refractivity contribution is 5.57. The van der Waals surface area contributed by atoms with E-state index < -0.39 is 0 Å². The Morgan fingerprint density at radius 1 is 1.11 bits per heavy atom. The number of nitrogens with zero attached hydrogens (tertiary/aromatic N) is 4. The molecule has 0 radical (unpaired) electrons. The average molecular weight is 384 g/mol. The van der Waals surface area contributed by atoms with E-state index in [0.717, 1.165) is 38.0 Å². The first-order chi connectivity index (χ1) is 13.5. The summed E-state index contributed by atoms with van der Waals surface area (Å²) in [5.74, 6) is 0. The summed E-state index contributed by atoms with van der Waals surface area (Å²) in [4.78, 5) is 2.22. The lowest BCUT2D eigenvalue weighted by Gasteiger charge is -2.41. The average Bonchev–Trinajstić information content (AvgIpc) is 2.68. The summed E-state index contributed by atoms with van der Waals surface area (Å²) in [6, 6.07) is 6.18. The second-order valence-corrected chi connectivity index (χ2v) is 7.92. The molecule has 1 aliphatic carbocycles. The summed E-state index contributed by atoms with van der Waals surface area (Å²) in [6.45, 7) is 7.08. The summed E-state index contributed by atoms with van der Waals surface area (Å²) < 4.78 is 11.1. The number of likely N-dealkylation sites (tertiary alicyclic amines) is 1. The summed E-state index contributed by atoms with van der Waals surface area (Å²) in [6.07, 6.45) is 3.17. The third-order valence-corrected chi connectivity index (χ3v) is 5.17. The van der Waals surface area contributed by atoms with Gasteiger partial charge in [-0.25, -0.2) is 0 Å². The van der Waals surface area contributed by atoms with Gasteiger partial charge in [0.2, 0.25) is 0 Å². The van der Waals surface area contributed by atoms with Crippen LogP contribution in [0, 0.1) is 39.4 Å². The van der Waals surface area contributed by atoms with Gasteiger partial charge in [-0.05, 0) is 31.1 Å². The number of hydrogen-bond donors (Lipinski definition) is 1. The van der Waals surface area contributed by atoms with Crippen molar-refractivity contribution in [3.8, 4) is 18.2 Å². The third kappa shape index (κ3) is 5.57. The third-order valence-electron chi connectivity index (χ3n) is 5.17. The van der Waals surface area contributed by atoms with Crippen LogP contribution in [0.5, 0.6) is 0 Å². The monoisotopic (exact) mass is 384 g/mol. The van der Waals surface area contributed by atoms with Crippen LogP contribution in [0.4, 0.5) is 0 Å². The first-order valence-electron chi connectivity index (χ1n) is 9.68. The van der Waals surface area contributed by atoms with E-state index in [-0.39, 0.29) is 23.7 Å². The predicted molar refractivity (Wildman–Crippen MR) is 102 cm³/mol. The van der Waals surface area contributed by atoms with Crippen LogP contribution in [-0.2, 0) is 9.47 Å². The van der Waals surface area contributed by atoms with Gasteiger partial charge in [0.25, 0.3) is 0 Å². The topological polar surface area (TPSA) is 113 Å². The van der Waals surface area contributed by atoms with Crippen molar-refractivity contribution in [2.24, 2.45) is 5.41 Å². The molecule has 0 amide bonds. The van der Waals surface area contributed by atoms with Crippen LogP contribution in [0.2, 0.25) is 0 Å². The number of aliphatic hydroxyl groups is 1. The van der Waals surface area contributed by atoms with Gasteiger partial charge in [-0.3, -0.25) is 0 Å². The number of allylic oxidation sites excluding steroid dienone is 4. The van der Waals surface area contributed by atoms with Gasteiger partial charge in [0.05, 0.1) is 38.1 Å². The molecule has 0 aromatic rings. The van der Waals surface area contributed by atoms with Crippen LogP contribution in [-0.4, -0.2) is 55.6 Å². The van der Waals surface area contributed by atoms with Crippen molar-refractivity contribution in [1.29, 1.82) is 15.8 Å². The van der Waals surface area contributed by atoms with E-state index in [1.165, 1.54) is 0 Å². The number of aliphatic hydroxyl groups excluding tert-OH is 1. The SMILES string of the molecule is CC1(C)CC(=C(C#N)C#N)C(C#N)=C(N2CCC(OCCOCCO)CC2)C1. The Kier molecular flexibility index (Phi) is 8.03. The number of piperidine rings is 1. The van der Waals surface area contributed by atoms with E-state index in [9.17, 15) is 15.8 Å². The Morgan fingerprint density at radius 3 is 2.36 bits per heavy atom. The van der Waals surface area contributed by atoms with Gasteiger partial charge in [-0.15, -0.1) is 0 Å². The maximum atomic E-state index is 9.77. The molecule has 1 fully saturated rings. The van der Waals surface area contributed by atoms with Gasteiger partial charge in [0, 0.05) is 24.4 Å². The summed E-state index contributed by atoms with van der Waals surface area (Å²) in [5.41, 5.74) is 1.96. The Bertz CT molecular complexity index is 725. The fourth-order valence-corrected chi connectivity index (χ4v) is 3.85. The zero-order chi connectivity index (χ0) is 20.6. The predicted octanol–water partition coefficient (Wildman–Crippen LogP) is 2.42. The lowest BCUT2D eigenvalue weighted by atomic mass is 9.72. The van der Waals surface area contributed by atoms with E-state index in [4.69, 9.17) is 14.6 Å². The zero-order valence-electron chi connectivity index (χ0n) is 16.7. The Morgan fingerprint density at radius 2 is 1.79 bits per heavy atom. The first kappa shape index (κ1) is 21.9. The van der Waals surface area contributed by atoms with E-state index >= 15 is 0 Å². The molecule has 0 bridgehead atoms. The molecule has 150 valence electrons. The van der Waals surface area contributed by atoms with Gasteiger partial charge >= 0.3 is 0 Å².